The van der Waals surface area contributed by atoms with E-state index in [0.29, 0.717) is 12.2 Å². The predicted octanol–water partition coefficient (Wildman–Crippen LogP) is 2.13. The molecule has 0 radical (unpaired) electrons. The summed E-state index contributed by atoms with van der Waals surface area (Å²) >= 11 is 0. The molecule has 116 valence electrons. The van der Waals surface area contributed by atoms with Crippen LogP contribution in [0.15, 0.2) is 4.90 Å². The van der Waals surface area contributed by atoms with Gasteiger partial charge in [0.2, 0.25) is 0 Å². The summed E-state index contributed by atoms with van der Waals surface area (Å²) in [5, 5.41) is 9.36. The van der Waals surface area contributed by atoms with E-state index in [4.69, 9.17) is 10.7 Å². The molecule has 0 saturated heterocycles. The van der Waals surface area contributed by atoms with Crippen molar-refractivity contribution in [1.82, 2.24) is 15.5 Å². The first kappa shape index (κ1) is 14.8. The molecule has 0 unspecified atom stereocenters. The van der Waals surface area contributed by atoms with Gasteiger partial charge in [0.15, 0.2) is 5.69 Å². The van der Waals surface area contributed by atoms with Gasteiger partial charge in [-0.25, -0.2) is 8.42 Å². The highest BCUT2D eigenvalue weighted by Crippen LogP contribution is 2.48. The number of carbonyl (C=O) groups excluding carboxylic acids is 1. The first-order valence-corrected chi connectivity index (χ1v) is 9.48. The van der Waals surface area contributed by atoms with Crippen molar-refractivity contribution < 1.29 is 13.2 Å². The molecule has 21 heavy (non-hydrogen) atoms. The van der Waals surface area contributed by atoms with Gasteiger partial charge in [-0.15, -0.1) is 0 Å². The van der Waals surface area contributed by atoms with Crippen molar-refractivity contribution in [2.45, 2.75) is 49.8 Å². The number of hydrogen-bond donors (Lipinski definition) is 2. The maximum Gasteiger partial charge on any atom is 0.273 e. The maximum absolute atomic E-state index is 12.2. The molecule has 3 rings (SSSR count). The van der Waals surface area contributed by atoms with Gasteiger partial charge in [-0.3, -0.25) is 9.89 Å². The topological polar surface area (TPSA) is 91.9 Å². The van der Waals surface area contributed by atoms with E-state index in [1.54, 1.807) is 0 Å². The first-order chi connectivity index (χ1) is 9.86. The van der Waals surface area contributed by atoms with Gasteiger partial charge in [0.1, 0.15) is 4.90 Å². The molecule has 2 N–H and O–H groups in total. The van der Waals surface area contributed by atoms with Gasteiger partial charge in [0, 0.05) is 23.1 Å². The Morgan fingerprint density at radius 2 is 2.14 bits per heavy atom. The van der Waals surface area contributed by atoms with Crippen LogP contribution in [-0.2, 0) is 9.05 Å². The highest BCUT2D eigenvalue weighted by Gasteiger charge is 2.41. The fourth-order valence-electron chi connectivity index (χ4n) is 2.58. The van der Waals surface area contributed by atoms with Crippen molar-refractivity contribution in [2.75, 3.05) is 6.54 Å². The number of nitrogens with one attached hydrogen (secondary N) is 2. The molecular formula is C13H18ClN3O3S. The van der Waals surface area contributed by atoms with E-state index in [0.717, 1.165) is 32.1 Å². The van der Waals surface area contributed by atoms with Crippen LogP contribution in [0.1, 0.15) is 61.1 Å². The summed E-state index contributed by atoms with van der Waals surface area (Å²) in [4.78, 5) is 12.1. The Kier molecular flexibility index (Phi) is 3.52. The Hall–Kier alpha value is -1.08. The molecule has 1 amide bonds. The molecule has 8 heteroatoms. The summed E-state index contributed by atoms with van der Waals surface area (Å²) < 4.78 is 23.5. The zero-order chi connectivity index (χ0) is 15.3. The summed E-state index contributed by atoms with van der Waals surface area (Å²) in [6.07, 6.45) is 4.97. The molecule has 0 spiro atoms. The van der Waals surface area contributed by atoms with E-state index < -0.39 is 15.0 Å². The monoisotopic (exact) mass is 331 g/mol. The third kappa shape index (κ3) is 2.94. The van der Waals surface area contributed by atoms with Gasteiger partial charge in [0.05, 0.1) is 5.69 Å². The molecule has 1 heterocycles. The number of rotatable bonds is 6. The number of nitrogens with zero attached hydrogens (tertiary/aromatic N) is 1. The molecule has 2 aliphatic carbocycles. The molecule has 0 atom stereocenters. The quantitative estimate of drug-likeness (QED) is 0.781. The minimum absolute atomic E-state index is 0.112. The Bertz CT molecular complexity index is 675. The van der Waals surface area contributed by atoms with E-state index in [-0.39, 0.29) is 21.9 Å². The summed E-state index contributed by atoms with van der Waals surface area (Å²) in [7, 11) is 1.49. The Morgan fingerprint density at radius 1 is 1.48 bits per heavy atom. The fourth-order valence-corrected chi connectivity index (χ4v) is 3.89. The van der Waals surface area contributed by atoms with Crippen LogP contribution in [0.3, 0.4) is 0 Å². The highest BCUT2D eigenvalue weighted by molar-refractivity contribution is 8.13. The van der Waals surface area contributed by atoms with Gasteiger partial charge in [-0.1, -0.05) is 6.92 Å². The Labute approximate surface area is 128 Å². The van der Waals surface area contributed by atoms with E-state index in [9.17, 15) is 13.2 Å². The molecule has 6 nitrogen and oxygen atoms in total. The average Bonchev–Trinajstić information content (AvgIpc) is 3.34. The van der Waals surface area contributed by atoms with Crippen molar-refractivity contribution in [2.24, 2.45) is 5.41 Å². The molecule has 0 aromatic carbocycles. The maximum atomic E-state index is 12.2. The van der Waals surface area contributed by atoms with Crippen LogP contribution >= 0.6 is 10.7 Å². The minimum atomic E-state index is -4.00. The third-order valence-corrected chi connectivity index (χ3v) is 5.89. The van der Waals surface area contributed by atoms with E-state index in [1.807, 2.05) is 0 Å². The zero-order valence-electron chi connectivity index (χ0n) is 11.8. The fraction of sp³-hybridized carbons (Fsp3) is 0.692. The third-order valence-electron chi connectivity index (χ3n) is 4.52. The van der Waals surface area contributed by atoms with Crippen LogP contribution in [0.2, 0.25) is 0 Å². The lowest BCUT2D eigenvalue weighted by atomic mass is 10.0. The number of halogens is 1. The molecule has 0 aliphatic heterocycles. The number of carbonyl (C=O) groups is 1. The normalized spacial score (nSPS) is 20.3. The van der Waals surface area contributed by atoms with Gasteiger partial charge < -0.3 is 5.32 Å². The average molecular weight is 332 g/mol. The van der Waals surface area contributed by atoms with Crippen molar-refractivity contribution in [1.29, 1.82) is 0 Å². The van der Waals surface area contributed by atoms with Crippen molar-refractivity contribution in [3.8, 4) is 0 Å². The number of H-pyrrole nitrogens is 1. The number of hydrogen-bond acceptors (Lipinski definition) is 4. The largest absolute Gasteiger partial charge is 0.350 e. The molecule has 2 saturated carbocycles. The standard InChI is InChI=1S/C13H18ClN3O3S/c1-2-13(5-6-13)7-15-12(18)10-11(21(14,19)20)9(16-17-10)8-3-4-8/h8H,2-7H2,1H3,(H,15,18)(H,16,17). The van der Waals surface area contributed by atoms with Crippen molar-refractivity contribution in [3.05, 3.63) is 11.4 Å². The van der Waals surface area contributed by atoms with Gasteiger partial charge in [-0.2, -0.15) is 5.10 Å². The highest BCUT2D eigenvalue weighted by atomic mass is 35.7. The van der Waals surface area contributed by atoms with E-state index >= 15 is 0 Å². The van der Waals surface area contributed by atoms with Crippen LogP contribution in [-0.4, -0.2) is 31.1 Å². The van der Waals surface area contributed by atoms with Crippen LogP contribution in [0.4, 0.5) is 0 Å². The molecule has 2 fully saturated rings. The lowest BCUT2D eigenvalue weighted by Gasteiger charge is -2.12. The second-order valence-electron chi connectivity index (χ2n) is 6.06. The van der Waals surface area contributed by atoms with E-state index in [2.05, 4.69) is 22.4 Å². The van der Waals surface area contributed by atoms with Gasteiger partial charge >= 0.3 is 0 Å². The lowest BCUT2D eigenvalue weighted by Crippen LogP contribution is -2.31. The van der Waals surface area contributed by atoms with Gasteiger partial charge in [-0.05, 0) is 37.5 Å². The number of amides is 1. The Morgan fingerprint density at radius 3 is 2.62 bits per heavy atom. The zero-order valence-corrected chi connectivity index (χ0v) is 13.4. The first-order valence-electron chi connectivity index (χ1n) is 7.17. The Balaban J connectivity index is 1.83. The van der Waals surface area contributed by atoms with Crippen molar-refractivity contribution in [3.63, 3.8) is 0 Å². The SMILES string of the molecule is CCC1(CNC(=O)c2n[nH]c(C3CC3)c2S(=O)(=O)Cl)CC1. The second kappa shape index (κ2) is 4.98. The molecule has 1 aromatic rings. The van der Waals surface area contributed by atoms with Crippen LogP contribution in [0, 0.1) is 5.41 Å². The van der Waals surface area contributed by atoms with Gasteiger partial charge in [0.25, 0.3) is 15.0 Å². The van der Waals surface area contributed by atoms with Crippen molar-refractivity contribution >= 4 is 25.6 Å². The smallest absolute Gasteiger partial charge is 0.273 e. The predicted molar refractivity (Wildman–Crippen MR) is 77.9 cm³/mol. The molecule has 0 bridgehead atoms. The molecular weight excluding hydrogens is 314 g/mol. The molecule has 2 aliphatic rings. The summed E-state index contributed by atoms with van der Waals surface area (Å²) in [6.45, 7) is 2.64. The number of aromatic amines is 1. The van der Waals surface area contributed by atoms with Crippen LogP contribution < -0.4 is 5.32 Å². The number of aromatic nitrogens is 2. The summed E-state index contributed by atoms with van der Waals surface area (Å²) in [6, 6.07) is 0. The van der Waals surface area contributed by atoms with Crippen LogP contribution in [0.5, 0.6) is 0 Å². The molecule has 1 aromatic heterocycles. The van der Waals surface area contributed by atoms with Crippen LogP contribution in [0.25, 0.3) is 0 Å². The lowest BCUT2D eigenvalue weighted by molar-refractivity contribution is 0.0936. The summed E-state index contributed by atoms with van der Waals surface area (Å²) in [5.74, 6) is -0.356. The summed E-state index contributed by atoms with van der Waals surface area (Å²) in [5.41, 5.74) is 0.538. The second-order valence-corrected chi connectivity index (χ2v) is 8.57. The van der Waals surface area contributed by atoms with E-state index in [1.165, 1.54) is 0 Å². The minimum Gasteiger partial charge on any atom is -0.350 e.